The van der Waals surface area contributed by atoms with E-state index < -0.39 is 49.5 Å². The van der Waals surface area contributed by atoms with Crippen LogP contribution in [0.5, 0.6) is 0 Å². The van der Waals surface area contributed by atoms with E-state index in [-0.39, 0.29) is 12.5 Å². The normalized spacial score (nSPS) is 23.6. The molecule has 0 radical (unpaired) electrons. The van der Waals surface area contributed by atoms with Crippen molar-refractivity contribution in [2.24, 2.45) is 0 Å². The summed E-state index contributed by atoms with van der Waals surface area (Å²) < 4.78 is 11.1. The SMILES string of the molecule is CCCCC/C=C/C(O)C(COC1OC(CO)C(O)C(O)C1O)NC(=O)CCCCCCCCC/C=C\CCCCCCCC. The van der Waals surface area contributed by atoms with E-state index in [1.54, 1.807) is 6.08 Å². The number of aliphatic hydroxyl groups is 5. The van der Waals surface area contributed by atoms with Gasteiger partial charge in [0.25, 0.3) is 0 Å². The molecule has 6 N–H and O–H groups in total. The van der Waals surface area contributed by atoms with Crippen molar-refractivity contribution >= 4 is 5.91 Å². The first-order valence-electron chi connectivity index (χ1n) is 18.1. The minimum atomic E-state index is -1.56. The zero-order chi connectivity index (χ0) is 33.1. The van der Waals surface area contributed by atoms with Gasteiger partial charge in [-0.25, -0.2) is 0 Å². The Morgan fingerprint density at radius 2 is 1.24 bits per heavy atom. The maximum atomic E-state index is 12.7. The van der Waals surface area contributed by atoms with E-state index in [4.69, 9.17) is 9.47 Å². The molecule has 1 aliphatic rings. The van der Waals surface area contributed by atoms with Crippen LogP contribution in [0, 0.1) is 0 Å². The van der Waals surface area contributed by atoms with E-state index in [1.165, 1.54) is 70.6 Å². The molecule has 0 spiro atoms. The maximum Gasteiger partial charge on any atom is 0.220 e. The fourth-order valence-electron chi connectivity index (χ4n) is 5.50. The largest absolute Gasteiger partial charge is 0.394 e. The van der Waals surface area contributed by atoms with Crippen LogP contribution in [0.3, 0.4) is 0 Å². The second kappa shape index (κ2) is 27.8. The highest BCUT2D eigenvalue weighted by Crippen LogP contribution is 2.22. The zero-order valence-electron chi connectivity index (χ0n) is 28.4. The molecule has 9 nitrogen and oxygen atoms in total. The summed E-state index contributed by atoms with van der Waals surface area (Å²) in [5.41, 5.74) is 0. The minimum Gasteiger partial charge on any atom is -0.394 e. The van der Waals surface area contributed by atoms with E-state index in [0.29, 0.717) is 6.42 Å². The smallest absolute Gasteiger partial charge is 0.220 e. The van der Waals surface area contributed by atoms with Crippen molar-refractivity contribution in [2.45, 2.75) is 185 Å². The molecule has 45 heavy (non-hydrogen) atoms. The Bertz CT molecular complexity index is 761. The van der Waals surface area contributed by atoms with Gasteiger partial charge in [0.05, 0.1) is 25.4 Å². The molecule has 0 aromatic carbocycles. The lowest BCUT2D eigenvalue weighted by atomic mass is 9.99. The van der Waals surface area contributed by atoms with E-state index in [0.717, 1.165) is 51.4 Å². The molecule has 0 saturated carbocycles. The number of hydrogen-bond donors (Lipinski definition) is 6. The van der Waals surface area contributed by atoms with Crippen molar-refractivity contribution in [3.8, 4) is 0 Å². The molecule has 1 amide bonds. The van der Waals surface area contributed by atoms with Gasteiger partial charge in [0, 0.05) is 6.42 Å². The number of amides is 1. The lowest BCUT2D eigenvalue weighted by molar-refractivity contribution is -0.302. The number of allylic oxidation sites excluding steroid dienone is 3. The number of aliphatic hydroxyl groups excluding tert-OH is 5. The van der Waals surface area contributed by atoms with E-state index in [1.807, 2.05) is 6.08 Å². The van der Waals surface area contributed by atoms with Gasteiger partial charge in [-0.3, -0.25) is 4.79 Å². The molecule has 0 bridgehead atoms. The molecule has 0 aliphatic carbocycles. The Balaban J connectivity index is 2.33. The summed E-state index contributed by atoms with van der Waals surface area (Å²) in [5, 5.41) is 53.4. The van der Waals surface area contributed by atoms with Crippen molar-refractivity contribution in [1.29, 1.82) is 0 Å². The third kappa shape index (κ3) is 19.8. The van der Waals surface area contributed by atoms with Gasteiger partial charge >= 0.3 is 0 Å². The highest BCUT2D eigenvalue weighted by molar-refractivity contribution is 5.76. The number of ether oxygens (including phenoxy) is 2. The second-order valence-electron chi connectivity index (χ2n) is 12.7. The first-order chi connectivity index (χ1) is 21.8. The summed E-state index contributed by atoms with van der Waals surface area (Å²) in [6.07, 6.45) is 22.6. The summed E-state index contributed by atoms with van der Waals surface area (Å²) in [4.78, 5) is 12.7. The van der Waals surface area contributed by atoms with Crippen LogP contribution in [0.4, 0.5) is 0 Å². The van der Waals surface area contributed by atoms with Crippen LogP contribution >= 0.6 is 0 Å². The molecule has 1 rings (SSSR count). The number of carbonyl (C=O) groups excluding carboxylic acids is 1. The van der Waals surface area contributed by atoms with Crippen molar-refractivity contribution in [2.75, 3.05) is 13.2 Å². The van der Waals surface area contributed by atoms with Crippen molar-refractivity contribution in [3.63, 3.8) is 0 Å². The van der Waals surface area contributed by atoms with E-state index >= 15 is 0 Å². The highest BCUT2D eigenvalue weighted by Gasteiger charge is 2.44. The van der Waals surface area contributed by atoms with Gasteiger partial charge in [0.15, 0.2) is 6.29 Å². The van der Waals surface area contributed by atoms with Crippen molar-refractivity contribution < 1.29 is 39.8 Å². The monoisotopic (exact) mass is 641 g/mol. The van der Waals surface area contributed by atoms with Gasteiger partial charge < -0.3 is 40.3 Å². The van der Waals surface area contributed by atoms with Crippen LogP contribution in [-0.4, -0.2) is 87.5 Å². The summed E-state index contributed by atoms with van der Waals surface area (Å²) in [7, 11) is 0. The zero-order valence-corrected chi connectivity index (χ0v) is 28.4. The Labute approximate surface area is 273 Å². The molecule has 264 valence electrons. The number of rotatable bonds is 28. The molecule has 7 unspecified atom stereocenters. The topological polar surface area (TPSA) is 149 Å². The third-order valence-electron chi connectivity index (χ3n) is 8.52. The van der Waals surface area contributed by atoms with Gasteiger partial charge in [-0.15, -0.1) is 0 Å². The summed E-state index contributed by atoms with van der Waals surface area (Å²) in [5.74, 6) is -0.191. The molecular weight excluding hydrogens is 574 g/mol. The van der Waals surface area contributed by atoms with Crippen molar-refractivity contribution in [3.05, 3.63) is 24.3 Å². The number of hydrogen-bond acceptors (Lipinski definition) is 8. The average molecular weight is 642 g/mol. The number of carbonyl (C=O) groups is 1. The Hall–Kier alpha value is -1.33. The molecule has 1 heterocycles. The molecule has 0 aromatic rings. The first-order valence-corrected chi connectivity index (χ1v) is 18.1. The summed E-state index contributed by atoms with van der Waals surface area (Å²) in [6.45, 7) is 3.62. The number of unbranched alkanes of at least 4 members (excludes halogenated alkanes) is 16. The van der Waals surface area contributed by atoms with Crippen LogP contribution in [-0.2, 0) is 14.3 Å². The summed E-state index contributed by atoms with van der Waals surface area (Å²) in [6, 6.07) is -0.799. The van der Waals surface area contributed by atoms with Crippen LogP contribution in [0.15, 0.2) is 24.3 Å². The van der Waals surface area contributed by atoms with E-state index in [2.05, 4.69) is 31.3 Å². The molecule has 7 atom stereocenters. The minimum absolute atomic E-state index is 0.191. The highest BCUT2D eigenvalue weighted by atomic mass is 16.7. The maximum absolute atomic E-state index is 12.7. The predicted octanol–water partition coefficient (Wildman–Crippen LogP) is 5.60. The summed E-state index contributed by atoms with van der Waals surface area (Å²) >= 11 is 0. The van der Waals surface area contributed by atoms with Crippen LogP contribution in [0.1, 0.15) is 142 Å². The first kappa shape index (κ1) is 41.7. The fraction of sp³-hybridized carbons (Fsp3) is 0.861. The average Bonchev–Trinajstić information content (AvgIpc) is 3.03. The van der Waals surface area contributed by atoms with Crippen LogP contribution in [0.2, 0.25) is 0 Å². The Morgan fingerprint density at radius 3 is 1.84 bits per heavy atom. The van der Waals surface area contributed by atoms with Gasteiger partial charge in [0.2, 0.25) is 5.91 Å². The quantitative estimate of drug-likeness (QED) is 0.0478. The van der Waals surface area contributed by atoms with E-state index in [9.17, 15) is 30.3 Å². The predicted molar refractivity (Wildman–Crippen MR) is 180 cm³/mol. The fourth-order valence-corrected chi connectivity index (χ4v) is 5.50. The molecule has 1 fully saturated rings. The molecule has 0 aromatic heterocycles. The molecular formula is C36H67NO8. The molecule has 1 aliphatic heterocycles. The van der Waals surface area contributed by atoms with Crippen LogP contribution in [0.25, 0.3) is 0 Å². The lowest BCUT2D eigenvalue weighted by Gasteiger charge is -2.40. The van der Waals surface area contributed by atoms with Crippen molar-refractivity contribution in [1.82, 2.24) is 5.32 Å². The number of nitrogens with one attached hydrogen (secondary N) is 1. The van der Waals surface area contributed by atoms with Gasteiger partial charge in [0.1, 0.15) is 24.4 Å². The lowest BCUT2D eigenvalue weighted by Crippen LogP contribution is -2.60. The van der Waals surface area contributed by atoms with Gasteiger partial charge in [-0.05, 0) is 44.9 Å². The Kier molecular flexibility index (Phi) is 25.7. The van der Waals surface area contributed by atoms with Crippen LogP contribution < -0.4 is 5.32 Å². The van der Waals surface area contributed by atoms with Gasteiger partial charge in [-0.2, -0.15) is 0 Å². The third-order valence-corrected chi connectivity index (χ3v) is 8.52. The molecule has 9 heteroatoms. The second-order valence-corrected chi connectivity index (χ2v) is 12.7. The standard InChI is InChI=1S/C36H67NO8/c1-3-5-7-9-10-11-12-13-14-15-16-17-18-19-20-22-24-26-32(40)37-29(30(39)25-23-21-8-6-4-2)28-44-36-35(43)34(42)33(41)31(27-38)45-36/h13-14,23,25,29-31,33-36,38-39,41-43H,3-12,15-22,24,26-28H2,1-2H3,(H,37,40)/b14-13-,25-23+. The Morgan fingerprint density at radius 1 is 0.733 bits per heavy atom. The van der Waals surface area contributed by atoms with Gasteiger partial charge in [-0.1, -0.05) is 115 Å². The molecule has 1 saturated heterocycles.